The van der Waals surface area contributed by atoms with Crippen molar-refractivity contribution in [2.75, 3.05) is 26.2 Å². The van der Waals surface area contributed by atoms with Gasteiger partial charge in [0.05, 0.1) is 0 Å². The zero-order valence-electron chi connectivity index (χ0n) is 11.8. The number of aliphatic hydroxyl groups excluding tert-OH is 1. The van der Waals surface area contributed by atoms with Crippen molar-refractivity contribution in [2.24, 2.45) is 5.92 Å². The first-order chi connectivity index (χ1) is 8.17. The summed E-state index contributed by atoms with van der Waals surface area (Å²) >= 11 is 0. The van der Waals surface area contributed by atoms with Crippen molar-refractivity contribution < 1.29 is 5.11 Å². The molecule has 3 atom stereocenters. The average molecular weight is 242 g/mol. The molecule has 1 heterocycles. The van der Waals surface area contributed by atoms with Crippen LogP contribution in [0.15, 0.2) is 0 Å². The van der Waals surface area contributed by atoms with E-state index >= 15 is 0 Å². The molecule has 1 saturated heterocycles. The fourth-order valence-electron chi connectivity index (χ4n) is 2.88. The average Bonchev–Trinajstić information content (AvgIpc) is 2.30. The van der Waals surface area contributed by atoms with Gasteiger partial charge in [0, 0.05) is 25.2 Å². The van der Waals surface area contributed by atoms with Crippen LogP contribution in [0.3, 0.4) is 0 Å². The zero-order chi connectivity index (χ0) is 12.7. The SMILES string of the molecule is CCCN1CCCC(C(C)NC(C)CCO)C1. The van der Waals surface area contributed by atoms with Crippen molar-refractivity contribution in [3.05, 3.63) is 0 Å². The van der Waals surface area contributed by atoms with Crippen LogP contribution in [0.4, 0.5) is 0 Å². The number of aliphatic hydroxyl groups is 1. The minimum atomic E-state index is 0.285. The van der Waals surface area contributed by atoms with Gasteiger partial charge in [-0.05, 0) is 58.5 Å². The zero-order valence-corrected chi connectivity index (χ0v) is 11.8. The second-order valence-corrected chi connectivity index (χ2v) is 5.57. The number of likely N-dealkylation sites (tertiary alicyclic amines) is 1. The number of piperidine rings is 1. The molecule has 0 aromatic rings. The Morgan fingerprint density at radius 2 is 2.18 bits per heavy atom. The van der Waals surface area contributed by atoms with E-state index in [-0.39, 0.29) is 6.61 Å². The summed E-state index contributed by atoms with van der Waals surface area (Å²) in [6.45, 7) is 10.8. The van der Waals surface area contributed by atoms with E-state index in [0.717, 1.165) is 12.3 Å². The minimum absolute atomic E-state index is 0.285. The Hall–Kier alpha value is -0.120. The molecule has 0 aromatic carbocycles. The fourth-order valence-corrected chi connectivity index (χ4v) is 2.88. The van der Waals surface area contributed by atoms with Gasteiger partial charge >= 0.3 is 0 Å². The summed E-state index contributed by atoms with van der Waals surface area (Å²) in [5.41, 5.74) is 0. The largest absolute Gasteiger partial charge is 0.396 e. The van der Waals surface area contributed by atoms with Gasteiger partial charge in [0.1, 0.15) is 0 Å². The van der Waals surface area contributed by atoms with Crippen molar-refractivity contribution in [3.63, 3.8) is 0 Å². The van der Waals surface area contributed by atoms with Gasteiger partial charge in [0.2, 0.25) is 0 Å². The van der Waals surface area contributed by atoms with Crippen LogP contribution in [-0.4, -0.2) is 48.3 Å². The number of nitrogens with one attached hydrogen (secondary N) is 1. The third kappa shape index (κ3) is 5.36. The molecule has 0 aliphatic carbocycles. The molecule has 3 nitrogen and oxygen atoms in total. The Bertz CT molecular complexity index is 197. The number of nitrogens with zero attached hydrogens (tertiary/aromatic N) is 1. The topological polar surface area (TPSA) is 35.5 Å². The summed E-state index contributed by atoms with van der Waals surface area (Å²) in [6.07, 6.45) is 4.80. The molecule has 0 aromatic heterocycles. The monoisotopic (exact) mass is 242 g/mol. The third-order valence-corrected chi connectivity index (χ3v) is 3.90. The summed E-state index contributed by atoms with van der Waals surface area (Å²) in [5, 5.41) is 12.6. The summed E-state index contributed by atoms with van der Waals surface area (Å²) < 4.78 is 0. The molecule has 1 fully saturated rings. The van der Waals surface area contributed by atoms with Crippen LogP contribution in [0.1, 0.15) is 46.5 Å². The van der Waals surface area contributed by atoms with Crippen molar-refractivity contribution in [3.8, 4) is 0 Å². The maximum absolute atomic E-state index is 8.92. The standard InChI is InChI=1S/C14H30N2O/c1-4-8-16-9-5-6-14(11-16)13(3)15-12(2)7-10-17/h12-15,17H,4-11H2,1-3H3. The van der Waals surface area contributed by atoms with Gasteiger partial charge < -0.3 is 15.3 Å². The molecule has 1 aliphatic rings. The first-order valence-corrected chi connectivity index (χ1v) is 7.26. The number of rotatable bonds is 7. The summed E-state index contributed by atoms with van der Waals surface area (Å²) in [7, 11) is 0. The number of hydrogen-bond acceptors (Lipinski definition) is 3. The Balaban J connectivity index is 2.32. The van der Waals surface area contributed by atoms with E-state index in [1.54, 1.807) is 0 Å². The van der Waals surface area contributed by atoms with Gasteiger partial charge in [-0.3, -0.25) is 0 Å². The van der Waals surface area contributed by atoms with E-state index < -0.39 is 0 Å². The van der Waals surface area contributed by atoms with E-state index in [4.69, 9.17) is 5.11 Å². The van der Waals surface area contributed by atoms with E-state index in [1.807, 2.05) is 0 Å². The van der Waals surface area contributed by atoms with Crippen LogP contribution in [0, 0.1) is 5.92 Å². The second-order valence-electron chi connectivity index (χ2n) is 5.57. The van der Waals surface area contributed by atoms with Crippen LogP contribution in [-0.2, 0) is 0 Å². The molecule has 0 saturated carbocycles. The van der Waals surface area contributed by atoms with Crippen molar-refractivity contribution in [1.29, 1.82) is 0 Å². The van der Waals surface area contributed by atoms with Gasteiger partial charge in [0.25, 0.3) is 0 Å². The van der Waals surface area contributed by atoms with Crippen molar-refractivity contribution >= 4 is 0 Å². The Kier molecular flexibility index (Phi) is 7.09. The van der Waals surface area contributed by atoms with Crippen LogP contribution in [0.5, 0.6) is 0 Å². The third-order valence-electron chi connectivity index (χ3n) is 3.90. The van der Waals surface area contributed by atoms with Gasteiger partial charge in [-0.2, -0.15) is 0 Å². The fraction of sp³-hybridized carbons (Fsp3) is 1.00. The normalized spacial score (nSPS) is 25.8. The van der Waals surface area contributed by atoms with Crippen LogP contribution >= 0.6 is 0 Å². The van der Waals surface area contributed by atoms with E-state index in [2.05, 4.69) is 31.0 Å². The van der Waals surface area contributed by atoms with Crippen LogP contribution in [0.25, 0.3) is 0 Å². The highest BCUT2D eigenvalue weighted by atomic mass is 16.3. The van der Waals surface area contributed by atoms with Crippen molar-refractivity contribution in [2.45, 2.75) is 58.5 Å². The lowest BCUT2D eigenvalue weighted by Gasteiger charge is -2.37. The number of hydrogen-bond donors (Lipinski definition) is 2. The molecule has 102 valence electrons. The second kappa shape index (κ2) is 8.06. The molecular formula is C14H30N2O. The molecule has 0 radical (unpaired) electrons. The van der Waals surface area contributed by atoms with Gasteiger partial charge in [-0.25, -0.2) is 0 Å². The van der Waals surface area contributed by atoms with Crippen LogP contribution in [0.2, 0.25) is 0 Å². The highest BCUT2D eigenvalue weighted by Crippen LogP contribution is 2.20. The molecule has 1 aliphatic heterocycles. The van der Waals surface area contributed by atoms with Gasteiger partial charge in [-0.15, -0.1) is 0 Å². The van der Waals surface area contributed by atoms with E-state index in [0.29, 0.717) is 12.1 Å². The Morgan fingerprint density at radius 3 is 2.82 bits per heavy atom. The Labute approximate surface area is 107 Å². The molecule has 17 heavy (non-hydrogen) atoms. The molecule has 3 heteroatoms. The Morgan fingerprint density at radius 1 is 1.41 bits per heavy atom. The lowest BCUT2D eigenvalue weighted by atomic mass is 9.91. The van der Waals surface area contributed by atoms with E-state index in [1.165, 1.54) is 38.9 Å². The quantitative estimate of drug-likeness (QED) is 0.715. The predicted octanol–water partition coefficient (Wildman–Crippen LogP) is 1.86. The summed E-state index contributed by atoms with van der Waals surface area (Å²) in [6, 6.07) is 0.993. The molecule has 3 unspecified atom stereocenters. The molecule has 0 amide bonds. The lowest BCUT2D eigenvalue weighted by molar-refractivity contribution is 0.145. The molecule has 1 rings (SSSR count). The van der Waals surface area contributed by atoms with Gasteiger partial charge in [0.15, 0.2) is 0 Å². The highest BCUT2D eigenvalue weighted by Gasteiger charge is 2.24. The molecular weight excluding hydrogens is 212 g/mol. The highest BCUT2D eigenvalue weighted by molar-refractivity contribution is 4.81. The molecule has 0 bridgehead atoms. The summed E-state index contributed by atoms with van der Waals surface area (Å²) in [4.78, 5) is 2.60. The van der Waals surface area contributed by atoms with Crippen molar-refractivity contribution in [1.82, 2.24) is 10.2 Å². The molecule has 0 spiro atoms. The van der Waals surface area contributed by atoms with E-state index in [9.17, 15) is 0 Å². The summed E-state index contributed by atoms with van der Waals surface area (Å²) in [5.74, 6) is 0.774. The smallest absolute Gasteiger partial charge is 0.0445 e. The van der Waals surface area contributed by atoms with Gasteiger partial charge in [-0.1, -0.05) is 6.92 Å². The lowest BCUT2D eigenvalue weighted by Crippen LogP contribution is -2.47. The maximum Gasteiger partial charge on any atom is 0.0445 e. The molecule has 2 N–H and O–H groups in total. The predicted molar refractivity (Wildman–Crippen MR) is 73.2 cm³/mol. The van der Waals surface area contributed by atoms with Crippen LogP contribution < -0.4 is 5.32 Å². The minimum Gasteiger partial charge on any atom is -0.396 e. The first-order valence-electron chi connectivity index (χ1n) is 7.26. The maximum atomic E-state index is 8.92. The first kappa shape index (κ1) is 14.9.